The van der Waals surface area contributed by atoms with Gasteiger partial charge in [-0.2, -0.15) is 0 Å². The molecule has 1 amide bonds. The van der Waals surface area contributed by atoms with Crippen molar-refractivity contribution in [2.45, 2.75) is 33.2 Å². The maximum absolute atomic E-state index is 13.0. The van der Waals surface area contributed by atoms with E-state index in [2.05, 4.69) is 22.3 Å². The van der Waals surface area contributed by atoms with Crippen LogP contribution in [0.5, 0.6) is 0 Å². The van der Waals surface area contributed by atoms with E-state index >= 15 is 0 Å². The summed E-state index contributed by atoms with van der Waals surface area (Å²) < 4.78 is 3.92. The van der Waals surface area contributed by atoms with Crippen LogP contribution in [0, 0.1) is 6.92 Å². The van der Waals surface area contributed by atoms with Gasteiger partial charge in [0.1, 0.15) is 5.69 Å². The Labute approximate surface area is 173 Å². The minimum Gasteiger partial charge on any atom is -0.340 e. The molecule has 4 rings (SSSR count). The van der Waals surface area contributed by atoms with Crippen LogP contribution in [0.1, 0.15) is 41.0 Å². The third-order valence-corrected chi connectivity index (χ3v) is 5.64. The molecule has 0 aliphatic carbocycles. The van der Waals surface area contributed by atoms with Crippen molar-refractivity contribution < 1.29 is 4.79 Å². The number of rotatable bonds is 7. The topological polar surface area (TPSA) is 68.3 Å². The molecule has 0 aromatic carbocycles. The monoisotopic (exact) mass is 408 g/mol. The second kappa shape index (κ2) is 8.16. The molecule has 0 saturated carbocycles. The van der Waals surface area contributed by atoms with Crippen molar-refractivity contribution in [3.8, 4) is 11.5 Å². The van der Waals surface area contributed by atoms with Crippen LogP contribution in [0.2, 0.25) is 0 Å². The van der Waals surface area contributed by atoms with Crippen molar-refractivity contribution in [1.29, 1.82) is 0 Å². The fourth-order valence-corrected chi connectivity index (χ4v) is 3.89. The molecule has 0 aliphatic rings. The van der Waals surface area contributed by atoms with Gasteiger partial charge in [0.15, 0.2) is 11.5 Å². The van der Waals surface area contributed by atoms with Crippen LogP contribution in [0.3, 0.4) is 0 Å². The Morgan fingerprint density at radius 3 is 2.90 bits per heavy atom. The first-order chi connectivity index (χ1) is 14.1. The second-order valence-electron chi connectivity index (χ2n) is 7.11. The van der Waals surface area contributed by atoms with Crippen molar-refractivity contribution >= 4 is 22.8 Å². The van der Waals surface area contributed by atoms with Crippen molar-refractivity contribution in [2.24, 2.45) is 0 Å². The molecule has 0 spiro atoms. The van der Waals surface area contributed by atoms with E-state index in [-0.39, 0.29) is 5.91 Å². The number of imidazole rings is 2. The number of nitrogens with zero attached hydrogens (tertiary/aromatic N) is 6. The number of carbonyl (C=O) groups is 1. The number of hydrogen-bond acceptors (Lipinski definition) is 5. The Kier molecular flexibility index (Phi) is 5.44. The lowest BCUT2D eigenvalue weighted by Crippen LogP contribution is -2.28. The molecule has 29 heavy (non-hydrogen) atoms. The fraction of sp³-hybridized carbons (Fsp3) is 0.333. The van der Waals surface area contributed by atoms with Crippen LogP contribution in [0.25, 0.3) is 17.0 Å². The van der Waals surface area contributed by atoms with Crippen LogP contribution in [0.4, 0.5) is 0 Å². The van der Waals surface area contributed by atoms with E-state index in [1.165, 1.54) is 0 Å². The van der Waals surface area contributed by atoms with E-state index in [1.54, 1.807) is 22.6 Å². The van der Waals surface area contributed by atoms with E-state index in [0.29, 0.717) is 18.1 Å². The van der Waals surface area contributed by atoms with Crippen molar-refractivity contribution in [2.75, 3.05) is 13.6 Å². The Morgan fingerprint density at radius 2 is 2.14 bits per heavy atom. The highest BCUT2D eigenvalue weighted by molar-refractivity contribution is 7.09. The first-order valence-electron chi connectivity index (χ1n) is 9.72. The lowest BCUT2D eigenvalue weighted by Gasteiger charge is -2.15. The first kappa shape index (κ1) is 19.3. The molecule has 4 aromatic heterocycles. The number of carbonyl (C=O) groups excluding carboxylic acids is 1. The maximum Gasteiger partial charge on any atom is 0.274 e. The van der Waals surface area contributed by atoms with Crippen molar-refractivity contribution in [1.82, 2.24) is 28.8 Å². The lowest BCUT2D eigenvalue weighted by atomic mass is 10.2. The number of fused-ring (bicyclic) bond motifs is 1. The van der Waals surface area contributed by atoms with Crippen molar-refractivity contribution in [3.63, 3.8) is 0 Å². The van der Waals surface area contributed by atoms with Crippen LogP contribution in [0.15, 0.2) is 42.3 Å². The molecule has 4 heterocycles. The molecule has 0 atom stereocenters. The summed E-state index contributed by atoms with van der Waals surface area (Å²) in [5.41, 5.74) is 3.00. The molecule has 7 nitrogen and oxygen atoms in total. The second-order valence-corrected chi connectivity index (χ2v) is 8.17. The van der Waals surface area contributed by atoms with E-state index in [1.807, 2.05) is 53.5 Å². The quantitative estimate of drug-likeness (QED) is 0.465. The summed E-state index contributed by atoms with van der Waals surface area (Å²) in [6, 6.07) is 5.78. The van der Waals surface area contributed by atoms with Gasteiger partial charge in [-0.05, 0) is 25.5 Å². The molecule has 150 valence electrons. The average Bonchev–Trinajstić information content (AvgIpc) is 3.44. The van der Waals surface area contributed by atoms with Gasteiger partial charge in [0.2, 0.25) is 0 Å². The molecule has 0 radical (unpaired) electrons. The summed E-state index contributed by atoms with van der Waals surface area (Å²) in [6.45, 7) is 5.50. The summed E-state index contributed by atoms with van der Waals surface area (Å²) in [7, 11) is 1.83. The predicted octanol–water partition coefficient (Wildman–Crippen LogP) is 3.88. The number of thiazole rings is 1. The summed E-state index contributed by atoms with van der Waals surface area (Å²) in [4.78, 5) is 28.5. The summed E-state index contributed by atoms with van der Waals surface area (Å²) >= 11 is 1.64. The van der Waals surface area contributed by atoms with E-state index < -0.39 is 0 Å². The van der Waals surface area contributed by atoms with E-state index in [9.17, 15) is 4.79 Å². The number of pyridine rings is 1. The fourth-order valence-electron chi connectivity index (χ4n) is 3.28. The molecule has 0 bridgehead atoms. The summed E-state index contributed by atoms with van der Waals surface area (Å²) in [5.74, 6) is 0.604. The van der Waals surface area contributed by atoms with E-state index in [0.717, 1.165) is 41.3 Å². The van der Waals surface area contributed by atoms with Gasteiger partial charge in [0.05, 0.1) is 29.1 Å². The summed E-state index contributed by atoms with van der Waals surface area (Å²) in [6.07, 6.45) is 7.67. The zero-order chi connectivity index (χ0) is 20.4. The Bertz CT molecular complexity index is 1140. The van der Waals surface area contributed by atoms with Gasteiger partial charge in [0.25, 0.3) is 5.91 Å². The molecular formula is C21H24N6OS. The number of amides is 1. The highest BCUT2D eigenvalue weighted by Gasteiger charge is 2.22. The van der Waals surface area contributed by atoms with Crippen LogP contribution < -0.4 is 0 Å². The molecule has 0 unspecified atom stereocenters. The van der Waals surface area contributed by atoms with Gasteiger partial charge in [-0.1, -0.05) is 19.4 Å². The van der Waals surface area contributed by atoms with Gasteiger partial charge in [-0.3, -0.25) is 9.20 Å². The van der Waals surface area contributed by atoms with Gasteiger partial charge in [0, 0.05) is 31.4 Å². The molecule has 8 heteroatoms. The van der Waals surface area contributed by atoms with Crippen LogP contribution >= 0.6 is 11.3 Å². The predicted molar refractivity (Wildman–Crippen MR) is 114 cm³/mol. The summed E-state index contributed by atoms with van der Waals surface area (Å²) in [5, 5.41) is 3.11. The molecule has 0 aliphatic heterocycles. The smallest absolute Gasteiger partial charge is 0.274 e. The van der Waals surface area contributed by atoms with E-state index in [4.69, 9.17) is 4.98 Å². The zero-order valence-electron chi connectivity index (χ0n) is 16.9. The Balaban J connectivity index is 1.67. The molecular weight excluding hydrogens is 384 g/mol. The molecule has 0 saturated heterocycles. The Hall–Kier alpha value is -3.00. The number of hydrogen-bond donors (Lipinski definition) is 0. The molecule has 0 N–H and O–H groups in total. The van der Waals surface area contributed by atoms with Gasteiger partial charge < -0.3 is 9.47 Å². The maximum atomic E-state index is 13.0. The lowest BCUT2D eigenvalue weighted by molar-refractivity contribution is 0.0790. The van der Waals surface area contributed by atoms with Gasteiger partial charge in [-0.15, -0.1) is 11.3 Å². The third-order valence-electron chi connectivity index (χ3n) is 4.82. The van der Waals surface area contributed by atoms with Crippen LogP contribution in [-0.2, 0) is 6.54 Å². The highest BCUT2D eigenvalue weighted by Crippen LogP contribution is 2.23. The largest absolute Gasteiger partial charge is 0.340 e. The van der Waals surface area contributed by atoms with Crippen molar-refractivity contribution in [3.05, 3.63) is 58.7 Å². The molecule has 4 aromatic rings. The highest BCUT2D eigenvalue weighted by atomic mass is 32.1. The average molecular weight is 409 g/mol. The van der Waals surface area contributed by atoms with Crippen LogP contribution in [-0.4, -0.2) is 48.3 Å². The SMILES string of the molecule is CCCCN(C)C(=O)c1nc(-c2cn(Cc3csc(C)n3)cn2)n2ccccc12. The minimum absolute atomic E-state index is 0.0641. The Morgan fingerprint density at radius 1 is 1.28 bits per heavy atom. The normalized spacial score (nSPS) is 11.3. The van der Waals surface area contributed by atoms with Gasteiger partial charge in [-0.25, -0.2) is 15.0 Å². The third kappa shape index (κ3) is 3.93. The molecule has 0 fully saturated rings. The van der Waals surface area contributed by atoms with Gasteiger partial charge >= 0.3 is 0 Å². The number of aryl methyl sites for hydroxylation is 1. The number of unbranched alkanes of at least 4 members (excludes halogenated alkanes) is 1. The minimum atomic E-state index is -0.0641. The first-order valence-corrected chi connectivity index (χ1v) is 10.6. The number of aromatic nitrogens is 5. The zero-order valence-corrected chi connectivity index (χ0v) is 17.7. The standard InChI is InChI=1S/C21H24N6OS/c1-4-5-9-25(3)21(28)19-18-8-6-7-10-27(18)20(24-19)17-12-26(14-22-17)11-16-13-29-15(2)23-16/h6-8,10,12-14H,4-5,9,11H2,1-3H3.